The molecule has 1 aliphatic heterocycles. The number of fused-ring (bicyclic) bond motifs is 1. The summed E-state index contributed by atoms with van der Waals surface area (Å²) in [6, 6.07) is 9.76. The fourth-order valence-corrected chi connectivity index (χ4v) is 5.21. The summed E-state index contributed by atoms with van der Waals surface area (Å²) in [6.45, 7) is 4.21. The van der Waals surface area contributed by atoms with Crippen molar-refractivity contribution in [3.05, 3.63) is 71.0 Å². The molecule has 1 heterocycles. The van der Waals surface area contributed by atoms with E-state index >= 15 is 0 Å². The lowest BCUT2D eigenvalue weighted by Crippen LogP contribution is -2.60. The Morgan fingerprint density at radius 2 is 1.84 bits per heavy atom. The van der Waals surface area contributed by atoms with Gasteiger partial charge >= 0.3 is 0 Å². The van der Waals surface area contributed by atoms with Gasteiger partial charge in [0.15, 0.2) is 11.6 Å². The van der Waals surface area contributed by atoms with Gasteiger partial charge in [-0.2, -0.15) is 0 Å². The number of amides is 1. The average Bonchev–Trinajstić information content (AvgIpc) is 2.71. The van der Waals surface area contributed by atoms with Crippen molar-refractivity contribution in [2.45, 2.75) is 63.7 Å². The summed E-state index contributed by atoms with van der Waals surface area (Å²) in [5, 5.41) is 3.22. The van der Waals surface area contributed by atoms with E-state index in [2.05, 4.69) is 12.2 Å². The van der Waals surface area contributed by atoms with Crippen molar-refractivity contribution < 1.29 is 22.7 Å². The van der Waals surface area contributed by atoms with Crippen molar-refractivity contribution in [2.24, 2.45) is 11.8 Å². The van der Waals surface area contributed by atoms with Crippen LogP contribution in [0.1, 0.15) is 56.8 Å². The second-order valence-corrected chi connectivity index (χ2v) is 9.33. The van der Waals surface area contributed by atoms with Crippen LogP contribution in [0.3, 0.4) is 0 Å². The molecule has 0 radical (unpaired) electrons. The summed E-state index contributed by atoms with van der Waals surface area (Å²) in [5.74, 6) is -1.63. The maximum Gasteiger partial charge on any atom is 0.224 e. The van der Waals surface area contributed by atoms with Crippen LogP contribution in [0.15, 0.2) is 42.5 Å². The van der Waals surface area contributed by atoms with E-state index in [-0.39, 0.29) is 30.2 Å². The summed E-state index contributed by atoms with van der Waals surface area (Å²) in [6.07, 6.45) is 3.00. The highest BCUT2D eigenvalue weighted by atomic mass is 19.2. The van der Waals surface area contributed by atoms with Crippen molar-refractivity contribution in [3.63, 3.8) is 0 Å². The first-order valence-corrected chi connectivity index (χ1v) is 10.9. The minimum Gasteiger partial charge on any atom is -0.370 e. The fraction of sp³-hybridized carbons (Fsp3) is 0.480. The number of benzene rings is 2. The molecule has 0 spiro atoms. The third kappa shape index (κ3) is 4.79. The third-order valence-corrected chi connectivity index (χ3v) is 6.84. The number of carbonyl (C=O) groups excluding carboxylic acids is 1. The summed E-state index contributed by atoms with van der Waals surface area (Å²) in [4.78, 5) is 12.9. The lowest BCUT2D eigenvalue weighted by atomic mass is 9.66. The summed E-state index contributed by atoms with van der Waals surface area (Å²) < 4.78 is 46.9. The van der Waals surface area contributed by atoms with Crippen molar-refractivity contribution in [1.82, 2.24) is 5.32 Å². The molecule has 1 aliphatic carbocycles. The Balaban J connectivity index is 1.56. The molecule has 2 fully saturated rings. The number of ether oxygens (including phenoxy) is 1. The Kier molecular flexibility index (Phi) is 6.11. The van der Waals surface area contributed by atoms with Crippen LogP contribution in [0.4, 0.5) is 13.2 Å². The predicted molar refractivity (Wildman–Crippen MR) is 112 cm³/mol. The van der Waals surface area contributed by atoms with E-state index in [1.54, 1.807) is 18.2 Å². The third-order valence-electron chi connectivity index (χ3n) is 6.84. The number of carbonyl (C=O) groups is 1. The van der Waals surface area contributed by atoms with Gasteiger partial charge in [0.25, 0.3) is 0 Å². The van der Waals surface area contributed by atoms with Crippen LogP contribution in [0.25, 0.3) is 0 Å². The molecule has 0 unspecified atom stereocenters. The second kappa shape index (κ2) is 8.65. The average molecular weight is 431 g/mol. The van der Waals surface area contributed by atoms with Gasteiger partial charge in [-0.3, -0.25) is 4.79 Å². The predicted octanol–water partition coefficient (Wildman–Crippen LogP) is 5.49. The van der Waals surface area contributed by atoms with Gasteiger partial charge in [0.2, 0.25) is 5.91 Å². The number of halogens is 3. The number of rotatable bonds is 4. The standard InChI is InChI=1S/C25H28F3NO2/c1-15-3-9-19-22(11-15)31-23(17-6-10-20(27)21(28)13-17)14-25(19,2)29-24(30)12-16-4-7-18(26)8-5-16/h4-8,10,13,15,19,22-23H,3,9,11-12,14H2,1-2H3,(H,29,30)/t15-,19-,22-,23-,25-/m0/s1. The molecule has 1 saturated heterocycles. The fourth-order valence-electron chi connectivity index (χ4n) is 5.21. The first-order chi connectivity index (χ1) is 14.7. The first-order valence-electron chi connectivity index (χ1n) is 10.9. The maximum atomic E-state index is 13.9. The lowest BCUT2D eigenvalue weighted by molar-refractivity contribution is -0.153. The molecule has 1 amide bonds. The number of hydrogen-bond donors (Lipinski definition) is 1. The molecular formula is C25H28F3NO2. The molecule has 6 heteroatoms. The van der Waals surface area contributed by atoms with Crippen LogP contribution < -0.4 is 5.32 Å². The van der Waals surface area contributed by atoms with Crippen molar-refractivity contribution in [3.8, 4) is 0 Å². The smallest absolute Gasteiger partial charge is 0.224 e. The zero-order valence-electron chi connectivity index (χ0n) is 17.8. The van der Waals surface area contributed by atoms with Crippen LogP contribution >= 0.6 is 0 Å². The zero-order chi connectivity index (χ0) is 22.2. The molecule has 2 aromatic rings. The molecular weight excluding hydrogens is 403 g/mol. The summed E-state index contributed by atoms with van der Waals surface area (Å²) in [5.41, 5.74) is 0.769. The lowest BCUT2D eigenvalue weighted by Gasteiger charge is -2.52. The minimum absolute atomic E-state index is 0.0632. The molecule has 166 valence electrons. The van der Waals surface area contributed by atoms with E-state index in [0.29, 0.717) is 17.9 Å². The molecule has 3 nitrogen and oxygen atoms in total. The topological polar surface area (TPSA) is 38.3 Å². The van der Waals surface area contributed by atoms with Gasteiger partial charge in [-0.15, -0.1) is 0 Å². The van der Waals surface area contributed by atoms with Crippen LogP contribution in [0, 0.1) is 29.3 Å². The molecule has 4 rings (SSSR count). The molecule has 2 aromatic carbocycles. The monoisotopic (exact) mass is 431 g/mol. The molecule has 1 saturated carbocycles. The Morgan fingerprint density at radius 3 is 2.55 bits per heavy atom. The molecule has 5 atom stereocenters. The highest BCUT2D eigenvalue weighted by Crippen LogP contribution is 2.48. The molecule has 31 heavy (non-hydrogen) atoms. The molecule has 2 aliphatic rings. The highest BCUT2D eigenvalue weighted by molar-refractivity contribution is 5.79. The van der Waals surface area contributed by atoms with E-state index in [1.807, 2.05) is 6.92 Å². The van der Waals surface area contributed by atoms with Crippen LogP contribution in [-0.2, 0) is 16.0 Å². The second-order valence-electron chi connectivity index (χ2n) is 9.33. The first kappa shape index (κ1) is 21.9. The SMILES string of the molecule is C[C@H]1CC[C@H]2[C@H](C1)O[C@H](c1ccc(F)c(F)c1)C[C@]2(C)NC(=O)Cc1ccc(F)cc1. The van der Waals surface area contributed by atoms with Crippen LogP contribution in [0.5, 0.6) is 0 Å². The van der Waals surface area contributed by atoms with Gasteiger partial charge < -0.3 is 10.1 Å². The minimum atomic E-state index is -0.901. The van der Waals surface area contributed by atoms with Gasteiger partial charge in [-0.1, -0.05) is 31.5 Å². The van der Waals surface area contributed by atoms with Crippen LogP contribution in [0.2, 0.25) is 0 Å². The molecule has 1 N–H and O–H groups in total. The van der Waals surface area contributed by atoms with Gasteiger partial charge in [0, 0.05) is 17.9 Å². The maximum absolute atomic E-state index is 13.9. The van der Waals surface area contributed by atoms with Crippen molar-refractivity contribution in [1.29, 1.82) is 0 Å². The summed E-state index contributed by atoms with van der Waals surface area (Å²) >= 11 is 0. The Morgan fingerprint density at radius 1 is 1.10 bits per heavy atom. The van der Waals surface area contributed by atoms with Gasteiger partial charge in [-0.25, -0.2) is 13.2 Å². The van der Waals surface area contributed by atoms with Crippen LogP contribution in [-0.4, -0.2) is 17.6 Å². The van der Waals surface area contributed by atoms with Gasteiger partial charge in [0.05, 0.1) is 18.6 Å². The quantitative estimate of drug-likeness (QED) is 0.695. The zero-order valence-corrected chi connectivity index (χ0v) is 17.8. The summed E-state index contributed by atoms with van der Waals surface area (Å²) in [7, 11) is 0. The van der Waals surface area contributed by atoms with E-state index in [1.165, 1.54) is 18.2 Å². The number of hydrogen-bond acceptors (Lipinski definition) is 2. The van der Waals surface area contributed by atoms with Gasteiger partial charge in [-0.05, 0) is 61.1 Å². The highest BCUT2D eigenvalue weighted by Gasteiger charge is 2.49. The number of nitrogens with one attached hydrogen (secondary N) is 1. The normalized spacial score (nSPS) is 30.5. The van der Waals surface area contributed by atoms with Crippen molar-refractivity contribution in [2.75, 3.05) is 0 Å². The van der Waals surface area contributed by atoms with E-state index in [4.69, 9.17) is 4.74 Å². The molecule has 0 bridgehead atoms. The van der Waals surface area contributed by atoms with E-state index < -0.39 is 23.3 Å². The largest absolute Gasteiger partial charge is 0.370 e. The van der Waals surface area contributed by atoms with Gasteiger partial charge in [0.1, 0.15) is 5.82 Å². The Bertz CT molecular complexity index is 948. The Hall–Kier alpha value is -2.34. The van der Waals surface area contributed by atoms with Crippen molar-refractivity contribution >= 4 is 5.91 Å². The van der Waals surface area contributed by atoms with E-state index in [9.17, 15) is 18.0 Å². The Labute approximate surface area is 181 Å². The van der Waals surface area contributed by atoms with E-state index in [0.717, 1.165) is 30.9 Å². The molecule has 0 aromatic heterocycles.